The molecule has 1 aromatic heterocycles. The van der Waals surface area contributed by atoms with Crippen molar-refractivity contribution in [1.82, 2.24) is 0 Å². The molecule has 0 aliphatic heterocycles. The number of nitrogens with one attached hydrogen (secondary N) is 1. The van der Waals surface area contributed by atoms with Crippen molar-refractivity contribution >= 4 is 40.4 Å². The van der Waals surface area contributed by atoms with Gasteiger partial charge >= 0.3 is 0 Å². The number of hydrogen-bond donors (Lipinski definition) is 2. The molecule has 0 radical (unpaired) electrons. The third-order valence-electron chi connectivity index (χ3n) is 2.64. The first kappa shape index (κ1) is 14.7. The predicted octanol–water partition coefficient (Wildman–Crippen LogP) is 3.46. The Morgan fingerprint density at radius 3 is 2.90 bits per heavy atom. The number of anilines is 2. The van der Waals surface area contributed by atoms with Crippen LogP contribution in [-0.4, -0.2) is 18.3 Å². The van der Waals surface area contributed by atoms with E-state index in [0.29, 0.717) is 17.1 Å². The number of nitrogen functional groups attached to an aromatic ring is 1. The third-order valence-corrected chi connectivity index (χ3v) is 4.81. The van der Waals surface area contributed by atoms with Gasteiger partial charge in [0.1, 0.15) is 5.75 Å². The zero-order valence-corrected chi connectivity index (χ0v) is 12.9. The zero-order valence-electron chi connectivity index (χ0n) is 11.3. The quantitative estimate of drug-likeness (QED) is 0.656. The Morgan fingerprint density at radius 2 is 2.25 bits per heavy atom. The lowest BCUT2D eigenvalue weighted by Crippen LogP contribution is -2.22. The molecule has 2 aromatic rings. The zero-order chi connectivity index (χ0) is 14.5. The second-order valence-corrected chi connectivity index (χ2v) is 6.73. The maximum absolute atomic E-state index is 12.2. The summed E-state index contributed by atoms with van der Waals surface area (Å²) >= 11 is 3.15. The van der Waals surface area contributed by atoms with Gasteiger partial charge in [-0.15, -0.1) is 23.1 Å². The van der Waals surface area contributed by atoms with Gasteiger partial charge in [0.05, 0.1) is 22.3 Å². The van der Waals surface area contributed by atoms with Gasteiger partial charge in [-0.1, -0.05) is 6.07 Å². The van der Waals surface area contributed by atoms with E-state index >= 15 is 0 Å². The average Bonchev–Trinajstić information content (AvgIpc) is 2.91. The Kier molecular flexibility index (Phi) is 4.92. The number of ether oxygens (including phenoxy) is 1. The molecule has 0 saturated carbocycles. The second-order valence-electron chi connectivity index (χ2n) is 4.14. The fourth-order valence-electron chi connectivity index (χ4n) is 1.62. The molecule has 1 atom stereocenters. The first-order valence-electron chi connectivity index (χ1n) is 6.04. The van der Waals surface area contributed by atoms with Crippen molar-refractivity contribution in [2.45, 2.75) is 16.4 Å². The second kappa shape index (κ2) is 6.67. The summed E-state index contributed by atoms with van der Waals surface area (Å²) in [6.07, 6.45) is 0. The average molecular weight is 308 g/mol. The Hall–Kier alpha value is -1.66. The van der Waals surface area contributed by atoms with Gasteiger partial charge in [-0.25, -0.2) is 0 Å². The minimum Gasteiger partial charge on any atom is -0.495 e. The van der Waals surface area contributed by atoms with Crippen LogP contribution in [0.5, 0.6) is 5.75 Å². The number of amides is 1. The topological polar surface area (TPSA) is 64.3 Å². The van der Waals surface area contributed by atoms with Crippen LogP contribution >= 0.6 is 23.1 Å². The van der Waals surface area contributed by atoms with E-state index in [1.54, 1.807) is 36.6 Å². The number of methoxy groups -OCH3 is 1. The van der Waals surface area contributed by atoms with E-state index in [0.717, 1.165) is 4.21 Å². The van der Waals surface area contributed by atoms with E-state index in [2.05, 4.69) is 5.32 Å². The van der Waals surface area contributed by atoms with Crippen LogP contribution < -0.4 is 15.8 Å². The summed E-state index contributed by atoms with van der Waals surface area (Å²) in [5.74, 6) is 0.521. The first-order chi connectivity index (χ1) is 9.60. The molecular weight excluding hydrogens is 292 g/mol. The SMILES string of the molecule is COc1ccc(N)cc1NC(=O)C(C)Sc1cccs1. The molecule has 0 aliphatic rings. The predicted molar refractivity (Wildman–Crippen MR) is 85.7 cm³/mol. The van der Waals surface area contributed by atoms with Crippen LogP contribution in [0.2, 0.25) is 0 Å². The van der Waals surface area contributed by atoms with Crippen molar-refractivity contribution in [2.75, 3.05) is 18.2 Å². The third kappa shape index (κ3) is 3.68. The number of carbonyl (C=O) groups excluding carboxylic acids is 1. The summed E-state index contributed by atoms with van der Waals surface area (Å²) in [4.78, 5) is 12.2. The van der Waals surface area contributed by atoms with Crippen molar-refractivity contribution in [2.24, 2.45) is 0 Å². The van der Waals surface area contributed by atoms with Crippen molar-refractivity contribution in [3.05, 3.63) is 35.7 Å². The molecule has 0 aliphatic carbocycles. The molecular formula is C14H16N2O2S2. The molecule has 1 unspecified atom stereocenters. The van der Waals surface area contributed by atoms with Gasteiger partial charge < -0.3 is 15.8 Å². The molecule has 2 rings (SSSR count). The van der Waals surface area contributed by atoms with Gasteiger partial charge in [0, 0.05) is 5.69 Å². The molecule has 0 bridgehead atoms. The minimum absolute atomic E-state index is 0.0766. The summed E-state index contributed by atoms with van der Waals surface area (Å²) in [5.41, 5.74) is 6.91. The van der Waals surface area contributed by atoms with Crippen molar-refractivity contribution in [3.63, 3.8) is 0 Å². The van der Waals surface area contributed by atoms with Gasteiger partial charge in [-0.05, 0) is 36.6 Å². The number of rotatable bonds is 5. The highest BCUT2D eigenvalue weighted by Crippen LogP contribution is 2.30. The van der Waals surface area contributed by atoms with Crippen LogP contribution in [0.25, 0.3) is 0 Å². The van der Waals surface area contributed by atoms with Crippen LogP contribution in [0.4, 0.5) is 11.4 Å². The lowest BCUT2D eigenvalue weighted by Gasteiger charge is -2.14. The van der Waals surface area contributed by atoms with Crippen molar-refractivity contribution < 1.29 is 9.53 Å². The molecule has 1 amide bonds. The lowest BCUT2D eigenvalue weighted by molar-refractivity contribution is -0.115. The van der Waals surface area contributed by atoms with Gasteiger partial charge in [0.25, 0.3) is 0 Å². The monoisotopic (exact) mass is 308 g/mol. The minimum atomic E-state index is -0.195. The number of benzene rings is 1. The smallest absolute Gasteiger partial charge is 0.237 e. The highest BCUT2D eigenvalue weighted by Gasteiger charge is 2.16. The molecule has 20 heavy (non-hydrogen) atoms. The number of thioether (sulfide) groups is 1. The van der Waals surface area contributed by atoms with Gasteiger partial charge in [-0.2, -0.15) is 0 Å². The van der Waals surface area contributed by atoms with Crippen LogP contribution in [0.15, 0.2) is 39.9 Å². The standard InChI is InChI=1S/C14H16N2O2S2/c1-9(20-13-4-3-7-19-13)14(17)16-11-8-10(15)5-6-12(11)18-2/h3-9H,15H2,1-2H3,(H,16,17). The number of carbonyl (C=O) groups is 1. The molecule has 4 nitrogen and oxygen atoms in total. The summed E-state index contributed by atoms with van der Waals surface area (Å²) in [6.45, 7) is 1.87. The maximum Gasteiger partial charge on any atom is 0.237 e. The van der Waals surface area contributed by atoms with E-state index in [9.17, 15) is 4.79 Å². The Labute approximate surface area is 126 Å². The molecule has 0 spiro atoms. The van der Waals surface area contributed by atoms with Crippen LogP contribution in [0.1, 0.15) is 6.92 Å². The molecule has 106 valence electrons. The Balaban J connectivity index is 2.05. The summed E-state index contributed by atoms with van der Waals surface area (Å²) in [6, 6.07) is 9.14. The highest BCUT2D eigenvalue weighted by atomic mass is 32.2. The number of thiophene rings is 1. The summed E-state index contributed by atoms with van der Waals surface area (Å²) in [5, 5.41) is 4.65. The van der Waals surface area contributed by atoms with Crippen molar-refractivity contribution in [1.29, 1.82) is 0 Å². The van der Waals surface area contributed by atoms with Gasteiger partial charge in [0.15, 0.2) is 0 Å². The normalized spacial score (nSPS) is 11.9. The Morgan fingerprint density at radius 1 is 1.45 bits per heavy atom. The van der Waals surface area contributed by atoms with E-state index in [1.165, 1.54) is 11.8 Å². The fourth-order valence-corrected chi connectivity index (χ4v) is 3.56. The molecule has 1 aromatic carbocycles. The highest BCUT2D eigenvalue weighted by molar-refractivity contribution is 8.02. The van der Waals surface area contributed by atoms with Gasteiger partial charge in [-0.3, -0.25) is 4.79 Å². The molecule has 6 heteroatoms. The van der Waals surface area contributed by atoms with Crippen LogP contribution in [0.3, 0.4) is 0 Å². The largest absolute Gasteiger partial charge is 0.495 e. The Bertz CT molecular complexity index is 585. The lowest BCUT2D eigenvalue weighted by atomic mass is 10.2. The van der Waals surface area contributed by atoms with E-state index in [4.69, 9.17) is 10.5 Å². The maximum atomic E-state index is 12.2. The summed E-state index contributed by atoms with van der Waals surface area (Å²) < 4.78 is 6.33. The van der Waals surface area contributed by atoms with E-state index in [-0.39, 0.29) is 11.2 Å². The van der Waals surface area contributed by atoms with Crippen molar-refractivity contribution in [3.8, 4) is 5.75 Å². The van der Waals surface area contributed by atoms with E-state index in [1.807, 2.05) is 24.4 Å². The van der Waals surface area contributed by atoms with E-state index < -0.39 is 0 Å². The fraction of sp³-hybridized carbons (Fsp3) is 0.214. The molecule has 0 saturated heterocycles. The molecule has 1 heterocycles. The van der Waals surface area contributed by atoms with Crippen LogP contribution in [0, 0.1) is 0 Å². The summed E-state index contributed by atoms with van der Waals surface area (Å²) in [7, 11) is 1.56. The number of nitrogens with two attached hydrogens (primary N) is 1. The first-order valence-corrected chi connectivity index (χ1v) is 7.80. The molecule has 3 N–H and O–H groups in total. The van der Waals surface area contributed by atoms with Crippen LogP contribution in [-0.2, 0) is 4.79 Å². The number of hydrogen-bond acceptors (Lipinski definition) is 5. The molecule has 0 fully saturated rings. The van der Waals surface area contributed by atoms with Gasteiger partial charge in [0.2, 0.25) is 5.91 Å².